The van der Waals surface area contributed by atoms with E-state index in [-0.39, 0.29) is 24.5 Å². The average Bonchev–Trinajstić information content (AvgIpc) is 2.77. The number of pyridine rings is 1. The highest BCUT2D eigenvalue weighted by Crippen LogP contribution is 2.29. The first-order chi connectivity index (χ1) is 14.3. The van der Waals surface area contributed by atoms with Crippen molar-refractivity contribution in [1.29, 1.82) is 0 Å². The largest absolute Gasteiger partial charge is 0.417 e. The molecule has 2 heterocycles. The predicted molar refractivity (Wildman–Crippen MR) is 107 cm³/mol. The molecule has 1 saturated heterocycles. The number of ketones is 1. The Kier molecular flexibility index (Phi) is 6.74. The lowest BCUT2D eigenvalue weighted by Crippen LogP contribution is -2.49. The van der Waals surface area contributed by atoms with Crippen LogP contribution in [-0.2, 0) is 17.4 Å². The van der Waals surface area contributed by atoms with Gasteiger partial charge >= 0.3 is 6.18 Å². The summed E-state index contributed by atoms with van der Waals surface area (Å²) in [6.45, 7) is 3.90. The molecule has 0 saturated carbocycles. The minimum absolute atomic E-state index is 0.0569. The number of alkyl halides is 3. The summed E-state index contributed by atoms with van der Waals surface area (Å²) in [5.74, 6) is 0.313. The minimum atomic E-state index is -4.41. The molecule has 0 N–H and O–H groups in total. The molecule has 1 fully saturated rings. The molecule has 0 aliphatic carbocycles. The van der Waals surface area contributed by atoms with E-state index < -0.39 is 11.7 Å². The first-order valence-corrected chi connectivity index (χ1v) is 9.96. The highest BCUT2D eigenvalue weighted by Gasteiger charge is 2.31. The second-order valence-corrected chi connectivity index (χ2v) is 7.24. The molecular weight excluding hydrogens is 395 g/mol. The van der Waals surface area contributed by atoms with Crippen molar-refractivity contribution in [3.63, 3.8) is 0 Å². The van der Waals surface area contributed by atoms with Gasteiger partial charge in [-0.25, -0.2) is 4.98 Å². The maximum Gasteiger partial charge on any atom is 0.417 e. The van der Waals surface area contributed by atoms with Crippen molar-refractivity contribution >= 4 is 17.5 Å². The smallest absolute Gasteiger partial charge is 0.353 e. The van der Waals surface area contributed by atoms with E-state index in [1.165, 1.54) is 6.07 Å². The van der Waals surface area contributed by atoms with Gasteiger partial charge in [-0.05, 0) is 24.1 Å². The van der Waals surface area contributed by atoms with Crippen molar-refractivity contribution in [3.05, 3.63) is 59.3 Å². The number of hydrogen-bond acceptors (Lipinski definition) is 4. The summed E-state index contributed by atoms with van der Waals surface area (Å²) in [5.41, 5.74) is 0.982. The number of carbonyl (C=O) groups excluding carboxylic acids is 2. The van der Waals surface area contributed by atoms with Gasteiger partial charge in [-0.1, -0.05) is 31.2 Å². The Hall–Kier alpha value is -2.90. The van der Waals surface area contributed by atoms with Crippen LogP contribution in [0.3, 0.4) is 0 Å². The molecule has 0 spiro atoms. The fraction of sp³-hybridized carbons (Fsp3) is 0.409. The van der Waals surface area contributed by atoms with E-state index >= 15 is 0 Å². The van der Waals surface area contributed by atoms with Gasteiger partial charge in [-0.3, -0.25) is 9.59 Å². The summed E-state index contributed by atoms with van der Waals surface area (Å²) in [7, 11) is 0. The Labute approximate surface area is 173 Å². The van der Waals surface area contributed by atoms with Crippen LogP contribution in [0.2, 0.25) is 0 Å². The third-order valence-corrected chi connectivity index (χ3v) is 5.28. The van der Waals surface area contributed by atoms with Crippen molar-refractivity contribution in [1.82, 2.24) is 9.88 Å². The lowest BCUT2D eigenvalue weighted by atomic mass is 10.0. The van der Waals surface area contributed by atoms with Gasteiger partial charge < -0.3 is 9.80 Å². The second kappa shape index (κ2) is 9.28. The van der Waals surface area contributed by atoms with E-state index in [1.807, 2.05) is 24.0 Å². The lowest BCUT2D eigenvalue weighted by Gasteiger charge is -2.35. The van der Waals surface area contributed by atoms with Crippen molar-refractivity contribution < 1.29 is 22.8 Å². The highest BCUT2D eigenvalue weighted by molar-refractivity contribution is 5.98. The van der Waals surface area contributed by atoms with Gasteiger partial charge in [0, 0.05) is 50.8 Å². The number of anilines is 1. The third-order valence-electron chi connectivity index (χ3n) is 5.28. The molecule has 0 bridgehead atoms. The second-order valence-electron chi connectivity index (χ2n) is 7.24. The third kappa shape index (κ3) is 5.37. The first-order valence-electron chi connectivity index (χ1n) is 9.96. The van der Waals surface area contributed by atoms with Crippen LogP contribution in [-0.4, -0.2) is 47.8 Å². The van der Waals surface area contributed by atoms with Gasteiger partial charge in [0.1, 0.15) is 5.82 Å². The molecule has 1 aromatic heterocycles. The first kappa shape index (κ1) is 21.8. The van der Waals surface area contributed by atoms with Gasteiger partial charge in [-0.15, -0.1) is 0 Å². The van der Waals surface area contributed by atoms with Gasteiger partial charge in [-0.2, -0.15) is 13.2 Å². The van der Waals surface area contributed by atoms with Crippen LogP contribution in [0.1, 0.15) is 41.3 Å². The fourth-order valence-electron chi connectivity index (χ4n) is 3.38. The number of aryl methyl sites for hydroxylation is 1. The number of Topliss-reactive ketones (excluding diaryl/α,β-unsaturated/α-hetero) is 1. The fourth-order valence-corrected chi connectivity index (χ4v) is 3.38. The molecule has 5 nitrogen and oxygen atoms in total. The van der Waals surface area contributed by atoms with Gasteiger partial charge in [0.05, 0.1) is 5.56 Å². The zero-order chi connectivity index (χ0) is 21.7. The summed E-state index contributed by atoms with van der Waals surface area (Å²) < 4.78 is 38.0. The molecule has 160 valence electrons. The molecule has 3 rings (SSSR count). The zero-order valence-electron chi connectivity index (χ0n) is 16.8. The molecule has 0 atom stereocenters. The molecule has 1 amide bonds. The topological polar surface area (TPSA) is 53.5 Å². The number of halogens is 3. The van der Waals surface area contributed by atoms with E-state index in [9.17, 15) is 22.8 Å². The summed E-state index contributed by atoms with van der Waals surface area (Å²) in [5, 5.41) is 0. The number of carbonyl (C=O) groups is 2. The summed E-state index contributed by atoms with van der Waals surface area (Å²) in [4.78, 5) is 32.2. The molecule has 0 radical (unpaired) electrons. The van der Waals surface area contributed by atoms with Crippen LogP contribution in [0.15, 0.2) is 42.6 Å². The summed E-state index contributed by atoms with van der Waals surface area (Å²) in [6, 6.07) is 9.79. The Bertz CT molecular complexity index is 872. The minimum Gasteiger partial charge on any atom is -0.353 e. The SMILES string of the molecule is CCc1ccc(C(=O)CCC(=O)N2CCN(c3ccc(C(F)(F)F)cn3)CC2)cc1. The molecule has 30 heavy (non-hydrogen) atoms. The lowest BCUT2D eigenvalue weighted by molar-refractivity contribution is -0.137. The van der Waals surface area contributed by atoms with E-state index in [0.29, 0.717) is 37.6 Å². The van der Waals surface area contributed by atoms with Crippen LogP contribution < -0.4 is 4.90 Å². The Morgan fingerprint density at radius 2 is 1.63 bits per heavy atom. The predicted octanol–water partition coefficient (Wildman–Crippen LogP) is 3.97. The molecular formula is C22H24F3N3O2. The van der Waals surface area contributed by atoms with Crippen LogP contribution in [0.4, 0.5) is 19.0 Å². The van der Waals surface area contributed by atoms with Crippen LogP contribution >= 0.6 is 0 Å². The zero-order valence-corrected chi connectivity index (χ0v) is 16.8. The van der Waals surface area contributed by atoms with E-state index in [2.05, 4.69) is 4.98 Å². The van der Waals surface area contributed by atoms with Crippen molar-refractivity contribution in [2.45, 2.75) is 32.4 Å². The standard InChI is InChI=1S/C22H24F3N3O2/c1-2-16-3-5-17(6-4-16)19(29)8-10-21(30)28-13-11-27(12-14-28)20-9-7-18(15-26-20)22(23,24)25/h3-7,9,15H,2,8,10-14H2,1H3. The number of benzene rings is 1. The molecule has 2 aromatic rings. The summed E-state index contributed by atoms with van der Waals surface area (Å²) >= 11 is 0. The maximum absolute atomic E-state index is 12.7. The Balaban J connectivity index is 1.47. The molecule has 0 unspecified atom stereocenters. The van der Waals surface area contributed by atoms with Crippen LogP contribution in [0.5, 0.6) is 0 Å². The number of nitrogens with zero attached hydrogens (tertiary/aromatic N) is 3. The van der Waals surface area contributed by atoms with Gasteiger partial charge in [0.2, 0.25) is 5.91 Å². The van der Waals surface area contributed by atoms with E-state index in [4.69, 9.17) is 0 Å². The quantitative estimate of drug-likeness (QED) is 0.665. The molecule has 1 aliphatic heterocycles. The number of amides is 1. The van der Waals surface area contributed by atoms with Crippen LogP contribution in [0.25, 0.3) is 0 Å². The highest BCUT2D eigenvalue weighted by atomic mass is 19.4. The normalized spacial score (nSPS) is 14.7. The monoisotopic (exact) mass is 419 g/mol. The van der Waals surface area contributed by atoms with E-state index in [1.54, 1.807) is 17.0 Å². The Morgan fingerprint density at radius 3 is 2.17 bits per heavy atom. The summed E-state index contributed by atoms with van der Waals surface area (Å²) in [6.07, 6.45) is -2.38. The molecule has 1 aliphatic rings. The number of hydrogen-bond donors (Lipinski definition) is 0. The van der Waals surface area contributed by atoms with Gasteiger partial charge in [0.15, 0.2) is 5.78 Å². The number of piperazine rings is 1. The Morgan fingerprint density at radius 1 is 0.967 bits per heavy atom. The maximum atomic E-state index is 12.7. The van der Waals surface area contributed by atoms with Crippen molar-refractivity contribution in [2.75, 3.05) is 31.1 Å². The van der Waals surface area contributed by atoms with Crippen molar-refractivity contribution in [3.8, 4) is 0 Å². The number of rotatable bonds is 6. The number of aromatic nitrogens is 1. The van der Waals surface area contributed by atoms with Crippen molar-refractivity contribution in [2.24, 2.45) is 0 Å². The molecule has 8 heteroatoms. The average molecular weight is 419 g/mol. The van der Waals surface area contributed by atoms with E-state index in [0.717, 1.165) is 24.2 Å². The van der Waals surface area contributed by atoms with Gasteiger partial charge in [0.25, 0.3) is 0 Å². The van der Waals surface area contributed by atoms with Crippen LogP contribution in [0, 0.1) is 0 Å². The molecule has 1 aromatic carbocycles.